The summed E-state index contributed by atoms with van der Waals surface area (Å²) in [5.74, 6) is -1.05. The molecule has 0 radical (unpaired) electrons. The molecule has 0 fully saturated rings. The van der Waals surface area contributed by atoms with Gasteiger partial charge >= 0.3 is 5.97 Å². The van der Waals surface area contributed by atoms with Crippen molar-refractivity contribution in [3.63, 3.8) is 0 Å². The summed E-state index contributed by atoms with van der Waals surface area (Å²) in [5.41, 5.74) is 1.80. The predicted molar refractivity (Wildman–Crippen MR) is 136 cm³/mol. The second kappa shape index (κ2) is 13.4. The highest BCUT2D eigenvalue weighted by molar-refractivity contribution is 7.89. The molecule has 190 valence electrons. The first-order valence-corrected chi connectivity index (χ1v) is 13.1. The first kappa shape index (κ1) is 26.9. The molecule has 0 spiro atoms. The normalized spacial score (nSPS) is 12.0. The molecular formula is C27H30N2O6S. The molecule has 0 aliphatic heterocycles. The van der Waals surface area contributed by atoms with Crippen LogP contribution in [0.1, 0.15) is 36.4 Å². The number of aliphatic carboxylic acids is 1. The van der Waals surface area contributed by atoms with Crippen LogP contribution in [-0.4, -0.2) is 38.6 Å². The van der Waals surface area contributed by atoms with Gasteiger partial charge in [-0.2, -0.15) is 0 Å². The van der Waals surface area contributed by atoms with E-state index in [1.54, 1.807) is 42.5 Å². The van der Waals surface area contributed by atoms with Crippen LogP contribution in [-0.2, 0) is 26.0 Å². The van der Waals surface area contributed by atoms with Crippen LogP contribution < -0.4 is 14.8 Å². The highest BCUT2D eigenvalue weighted by Gasteiger charge is 2.24. The van der Waals surface area contributed by atoms with Gasteiger partial charge in [0, 0.05) is 13.0 Å². The highest BCUT2D eigenvalue weighted by Crippen LogP contribution is 2.23. The molecule has 3 rings (SSSR count). The van der Waals surface area contributed by atoms with Crippen LogP contribution in [0.3, 0.4) is 0 Å². The third-order valence-electron chi connectivity index (χ3n) is 5.44. The van der Waals surface area contributed by atoms with Gasteiger partial charge in [-0.1, -0.05) is 60.7 Å². The number of rotatable bonds is 14. The van der Waals surface area contributed by atoms with Crippen molar-refractivity contribution in [1.82, 2.24) is 10.0 Å². The van der Waals surface area contributed by atoms with Gasteiger partial charge in [-0.25, -0.2) is 17.9 Å². The molecule has 8 nitrogen and oxygen atoms in total. The van der Waals surface area contributed by atoms with Gasteiger partial charge in [0.25, 0.3) is 0 Å². The number of amides is 1. The molecule has 0 saturated heterocycles. The number of hydrogen-bond donors (Lipinski definition) is 3. The Bertz CT molecular complexity index is 1220. The van der Waals surface area contributed by atoms with Crippen molar-refractivity contribution in [3.8, 4) is 5.75 Å². The fraction of sp³-hybridized carbons (Fsp3) is 0.259. The number of ether oxygens (including phenoxy) is 1. The molecule has 0 saturated carbocycles. The summed E-state index contributed by atoms with van der Waals surface area (Å²) in [5, 5.41) is 11.6. The van der Waals surface area contributed by atoms with Crippen LogP contribution in [0, 0.1) is 0 Å². The van der Waals surface area contributed by atoms with E-state index in [9.17, 15) is 18.0 Å². The summed E-state index contributed by atoms with van der Waals surface area (Å²) in [4.78, 5) is 23.5. The molecule has 0 bridgehead atoms. The lowest BCUT2D eigenvalue weighted by Gasteiger charge is -2.19. The Morgan fingerprint density at radius 2 is 1.50 bits per heavy atom. The average molecular weight is 511 g/mol. The minimum absolute atomic E-state index is 0.0951. The van der Waals surface area contributed by atoms with E-state index in [0.29, 0.717) is 17.9 Å². The minimum Gasteiger partial charge on any atom is -0.482 e. The first-order chi connectivity index (χ1) is 17.3. The van der Waals surface area contributed by atoms with Crippen molar-refractivity contribution in [2.24, 2.45) is 0 Å². The molecule has 3 N–H and O–H groups in total. The van der Waals surface area contributed by atoms with Crippen LogP contribution in [0.15, 0.2) is 89.8 Å². The number of nitrogens with one attached hydrogen (secondary N) is 2. The van der Waals surface area contributed by atoms with E-state index in [4.69, 9.17) is 9.84 Å². The molecule has 36 heavy (non-hydrogen) atoms. The van der Waals surface area contributed by atoms with Crippen molar-refractivity contribution in [3.05, 3.63) is 96.1 Å². The van der Waals surface area contributed by atoms with Gasteiger partial charge in [0.2, 0.25) is 15.9 Å². The van der Waals surface area contributed by atoms with Gasteiger partial charge in [-0.3, -0.25) is 4.79 Å². The van der Waals surface area contributed by atoms with Crippen molar-refractivity contribution in [2.45, 2.75) is 36.6 Å². The van der Waals surface area contributed by atoms with E-state index in [-0.39, 0.29) is 17.2 Å². The zero-order chi connectivity index (χ0) is 25.8. The number of sulfonamides is 1. The number of carbonyl (C=O) groups excluding carboxylic acids is 1. The maximum Gasteiger partial charge on any atom is 0.341 e. The summed E-state index contributed by atoms with van der Waals surface area (Å²) in [6.07, 6.45) is 2.55. The van der Waals surface area contributed by atoms with E-state index in [0.717, 1.165) is 19.3 Å². The molecule has 1 amide bonds. The van der Waals surface area contributed by atoms with Gasteiger partial charge in [0.15, 0.2) is 6.61 Å². The van der Waals surface area contributed by atoms with Gasteiger partial charge < -0.3 is 15.2 Å². The lowest BCUT2D eigenvalue weighted by atomic mass is 10.0. The second-order valence-electron chi connectivity index (χ2n) is 8.24. The molecule has 0 aliphatic carbocycles. The van der Waals surface area contributed by atoms with E-state index in [1.165, 1.54) is 17.7 Å². The highest BCUT2D eigenvalue weighted by atomic mass is 32.2. The molecule has 0 heterocycles. The van der Waals surface area contributed by atoms with E-state index < -0.39 is 28.6 Å². The third kappa shape index (κ3) is 8.83. The SMILES string of the molecule is O=C(O)COc1ccc(C(CC(=O)NCCCCc2ccccc2)NS(=O)(=O)c2ccccc2)cc1. The van der Waals surface area contributed by atoms with E-state index in [2.05, 4.69) is 22.2 Å². The Hall–Kier alpha value is -3.69. The van der Waals surface area contributed by atoms with Crippen LogP contribution in [0.4, 0.5) is 0 Å². The summed E-state index contributed by atoms with van der Waals surface area (Å²) in [6.45, 7) is 0.00186. The Morgan fingerprint density at radius 3 is 2.14 bits per heavy atom. The molecular weight excluding hydrogens is 480 g/mol. The fourth-order valence-electron chi connectivity index (χ4n) is 3.61. The van der Waals surface area contributed by atoms with Crippen molar-refractivity contribution < 1.29 is 27.9 Å². The van der Waals surface area contributed by atoms with Crippen molar-refractivity contribution in [1.29, 1.82) is 0 Å². The lowest BCUT2D eigenvalue weighted by Crippen LogP contribution is -2.34. The van der Waals surface area contributed by atoms with E-state index in [1.807, 2.05) is 18.2 Å². The average Bonchev–Trinajstić information content (AvgIpc) is 2.88. The maximum atomic E-state index is 12.9. The number of carbonyl (C=O) groups is 2. The van der Waals surface area contributed by atoms with Crippen LogP contribution in [0.5, 0.6) is 5.75 Å². The lowest BCUT2D eigenvalue weighted by molar-refractivity contribution is -0.139. The number of carboxylic acids is 1. The third-order valence-corrected chi connectivity index (χ3v) is 6.93. The standard InChI is InChI=1S/C27H30N2O6S/c30-26(28-18-8-7-11-21-9-3-1-4-10-21)19-25(29-36(33,34)24-12-5-2-6-13-24)22-14-16-23(17-15-22)35-20-27(31)32/h1-6,9-10,12-17,25,29H,7-8,11,18-20H2,(H,28,30)(H,31,32). The number of carboxylic acid groups (broad SMARTS) is 1. The van der Waals surface area contributed by atoms with Gasteiger partial charge in [-0.05, 0) is 54.7 Å². The number of aryl methyl sites for hydroxylation is 1. The van der Waals surface area contributed by atoms with Crippen molar-refractivity contribution >= 4 is 21.9 Å². The summed E-state index contributed by atoms with van der Waals surface area (Å²) in [7, 11) is -3.88. The summed E-state index contributed by atoms with van der Waals surface area (Å²) in [6, 6.07) is 23.5. The smallest absolute Gasteiger partial charge is 0.341 e. The van der Waals surface area contributed by atoms with Crippen molar-refractivity contribution in [2.75, 3.05) is 13.2 Å². The largest absolute Gasteiger partial charge is 0.482 e. The monoisotopic (exact) mass is 510 g/mol. The molecule has 3 aromatic carbocycles. The Morgan fingerprint density at radius 1 is 0.861 bits per heavy atom. The Labute approximate surface area is 211 Å². The number of hydrogen-bond acceptors (Lipinski definition) is 5. The molecule has 1 unspecified atom stereocenters. The van der Waals surface area contributed by atoms with Crippen LogP contribution >= 0.6 is 0 Å². The van der Waals surface area contributed by atoms with E-state index >= 15 is 0 Å². The Kier molecular flexibility index (Phi) is 10.0. The topological polar surface area (TPSA) is 122 Å². The molecule has 9 heteroatoms. The number of unbranched alkanes of at least 4 members (excludes halogenated alkanes) is 1. The number of benzene rings is 3. The fourth-order valence-corrected chi connectivity index (χ4v) is 4.85. The van der Waals surface area contributed by atoms with Gasteiger partial charge in [0.05, 0.1) is 10.9 Å². The van der Waals surface area contributed by atoms with Gasteiger partial charge in [-0.15, -0.1) is 0 Å². The molecule has 0 aromatic heterocycles. The van der Waals surface area contributed by atoms with Gasteiger partial charge in [0.1, 0.15) is 5.75 Å². The first-order valence-electron chi connectivity index (χ1n) is 11.7. The summed E-state index contributed by atoms with van der Waals surface area (Å²) < 4.78 is 33.7. The zero-order valence-electron chi connectivity index (χ0n) is 19.8. The molecule has 1 atom stereocenters. The molecule has 0 aliphatic rings. The Balaban J connectivity index is 1.62. The zero-order valence-corrected chi connectivity index (χ0v) is 20.6. The van der Waals surface area contributed by atoms with Crippen LogP contribution in [0.2, 0.25) is 0 Å². The maximum absolute atomic E-state index is 12.9. The quantitative estimate of drug-likeness (QED) is 0.284. The minimum atomic E-state index is -3.88. The summed E-state index contributed by atoms with van der Waals surface area (Å²) >= 11 is 0. The molecule has 3 aromatic rings. The van der Waals surface area contributed by atoms with Crippen LogP contribution in [0.25, 0.3) is 0 Å². The second-order valence-corrected chi connectivity index (χ2v) is 9.95. The predicted octanol–water partition coefficient (Wildman–Crippen LogP) is 3.70.